The van der Waals surface area contributed by atoms with Gasteiger partial charge in [-0.05, 0) is 36.1 Å². The van der Waals surface area contributed by atoms with Crippen LogP contribution in [0.4, 0.5) is 10.5 Å². The number of nitrogens with zero attached hydrogens (tertiary/aromatic N) is 2. The van der Waals surface area contributed by atoms with Gasteiger partial charge in [0.05, 0.1) is 0 Å². The molecule has 2 aromatic rings. The van der Waals surface area contributed by atoms with Gasteiger partial charge in [0.25, 0.3) is 0 Å². The molecule has 8 nitrogen and oxygen atoms in total. The first-order valence-corrected chi connectivity index (χ1v) is 13.0. The van der Waals surface area contributed by atoms with E-state index in [4.69, 9.17) is 27.9 Å². The highest BCUT2D eigenvalue weighted by atomic mass is 35.5. The number of likely N-dealkylation sites (tertiary alicyclic amines) is 1. The number of ether oxygens (including phenoxy) is 1. The number of anilines is 1. The summed E-state index contributed by atoms with van der Waals surface area (Å²) in [5, 5.41) is 12.4. The topological polar surface area (TPSA) is 99.2 Å². The predicted octanol–water partition coefficient (Wildman–Crippen LogP) is 3.88. The maximum atomic E-state index is 13.0. The number of aliphatic carboxylic acids is 1. The van der Waals surface area contributed by atoms with E-state index in [1.165, 1.54) is 4.90 Å². The molecule has 1 heterocycles. The zero-order valence-electron chi connectivity index (χ0n) is 19.9. The molecule has 1 fully saturated rings. The Labute approximate surface area is 221 Å². The van der Waals surface area contributed by atoms with E-state index in [1.807, 2.05) is 59.5 Å². The summed E-state index contributed by atoms with van der Waals surface area (Å²) in [5.74, 6) is -0.789. The van der Waals surface area contributed by atoms with Crippen molar-refractivity contribution in [2.45, 2.75) is 38.0 Å². The number of amides is 2. The van der Waals surface area contributed by atoms with Gasteiger partial charge in [-0.3, -0.25) is 9.69 Å². The molecule has 0 unspecified atom stereocenters. The number of alkyl halides is 2. The van der Waals surface area contributed by atoms with Crippen molar-refractivity contribution < 1.29 is 24.2 Å². The summed E-state index contributed by atoms with van der Waals surface area (Å²) in [6.45, 7) is 1.69. The fourth-order valence-electron chi connectivity index (χ4n) is 4.22. The summed E-state index contributed by atoms with van der Waals surface area (Å²) in [7, 11) is 0. The lowest BCUT2D eigenvalue weighted by Crippen LogP contribution is -2.51. The number of benzene rings is 2. The van der Waals surface area contributed by atoms with Crippen LogP contribution >= 0.6 is 23.2 Å². The number of hydrogen-bond donors (Lipinski definition) is 2. The van der Waals surface area contributed by atoms with E-state index < -0.39 is 30.1 Å². The quantitative estimate of drug-likeness (QED) is 0.400. The lowest BCUT2D eigenvalue weighted by molar-refractivity contribution is -0.142. The third-order valence-corrected chi connectivity index (χ3v) is 6.37. The minimum absolute atomic E-state index is 0.0929. The minimum atomic E-state index is -1.15. The molecule has 1 aliphatic heterocycles. The number of carboxylic acid groups (broad SMARTS) is 1. The van der Waals surface area contributed by atoms with Crippen molar-refractivity contribution in [2.75, 3.05) is 36.3 Å². The van der Waals surface area contributed by atoms with Crippen LogP contribution in [0.2, 0.25) is 0 Å². The van der Waals surface area contributed by atoms with Crippen LogP contribution in [0.15, 0.2) is 54.6 Å². The molecule has 0 radical (unpaired) electrons. The number of nitrogens with one attached hydrogen (secondary N) is 1. The Morgan fingerprint density at radius 1 is 1.06 bits per heavy atom. The molecule has 2 aromatic carbocycles. The van der Waals surface area contributed by atoms with Gasteiger partial charge in [-0.25, -0.2) is 9.59 Å². The lowest BCUT2D eigenvalue weighted by Gasteiger charge is -2.26. The number of hydrogen-bond acceptors (Lipinski definition) is 5. The fourth-order valence-corrected chi connectivity index (χ4v) is 4.63. The van der Waals surface area contributed by atoms with E-state index in [2.05, 4.69) is 5.32 Å². The van der Waals surface area contributed by atoms with Gasteiger partial charge in [-0.2, -0.15) is 0 Å². The Balaban J connectivity index is 1.63. The second-order valence-corrected chi connectivity index (χ2v) is 9.29. The Morgan fingerprint density at radius 3 is 2.42 bits per heavy atom. The molecule has 194 valence electrons. The van der Waals surface area contributed by atoms with Crippen LogP contribution in [0.25, 0.3) is 0 Å². The first kappa shape index (κ1) is 27.6. The van der Waals surface area contributed by atoms with Crippen LogP contribution in [0, 0.1) is 0 Å². The summed E-state index contributed by atoms with van der Waals surface area (Å²) >= 11 is 11.8. The van der Waals surface area contributed by atoms with Gasteiger partial charge in [0.15, 0.2) is 0 Å². The molecule has 3 rings (SSSR count). The zero-order valence-corrected chi connectivity index (χ0v) is 21.5. The summed E-state index contributed by atoms with van der Waals surface area (Å²) < 4.78 is 5.38. The van der Waals surface area contributed by atoms with Gasteiger partial charge in [-0.1, -0.05) is 42.5 Å². The number of carboxylic acids is 1. The first-order chi connectivity index (χ1) is 17.4. The highest BCUT2D eigenvalue weighted by molar-refractivity contribution is 6.18. The summed E-state index contributed by atoms with van der Waals surface area (Å²) in [6, 6.07) is 14.8. The molecular formula is C26H31Cl2N3O5. The van der Waals surface area contributed by atoms with Crippen LogP contribution in [0.3, 0.4) is 0 Å². The number of carbonyl (C=O) groups is 3. The average Bonchev–Trinajstić information content (AvgIpc) is 3.38. The molecule has 0 aromatic heterocycles. The smallest absolute Gasteiger partial charge is 0.410 e. The van der Waals surface area contributed by atoms with Crippen LogP contribution in [-0.2, 0) is 27.4 Å². The molecule has 0 saturated carbocycles. The monoisotopic (exact) mass is 535 g/mol. The molecule has 1 aliphatic rings. The van der Waals surface area contributed by atoms with Crippen molar-refractivity contribution in [3.63, 3.8) is 0 Å². The molecular weight excluding hydrogens is 505 g/mol. The molecule has 0 bridgehead atoms. The third kappa shape index (κ3) is 7.77. The number of halogens is 2. The molecule has 2 atom stereocenters. The van der Waals surface area contributed by atoms with Crippen LogP contribution in [-0.4, -0.2) is 71.5 Å². The highest BCUT2D eigenvalue weighted by Crippen LogP contribution is 2.21. The van der Waals surface area contributed by atoms with Gasteiger partial charge in [0.2, 0.25) is 5.91 Å². The first-order valence-electron chi connectivity index (χ1n) is 11.9. The van der Waals surface area contributed by atoms with Crippen molar-refractivity contribution in [3.8, 4) is 0 Å². The lowest BCUT2D eigenvalue weighted by atomic mass is 10.0. The Kier molecular flexibility index (Phi) is 10.7. The normalized spacial score (nSPS) is 15.8. The van der Waals surface area contributed by atoms with Crippen molar-refractivity contribution in [1.29, 1.82) is 0 Å². The standard InChI is InChI=1S/C26H31Cl2N3O5/c27-11-14-30(15-12-28)21-9-4-8-20(16-21)17-22(25(33)34)29-24(32)23-10-5-13-31(23)26(35)36-18-19-6-2-1-3-7-19/h1-4,6-9,16,22-23H,5,10-15,17-18H2,(H,29,32)(H,33,34)/t22-,23-/m0/s1. The van der Waals surface area contributed by atoms with E-state index in [-0.39, 0.29) is 13.0 Å². The average molecular weight is 536 g/mol. The van der Waals surface area contributed by atoms with Crippen LogP contribution < -0.4 is 10.2 Å². The molecule has 2 amide bonds. The van der Waals surface area contributed by atoms with Crippen molar-refractivity contribution in [2.24, 2.45) is 0 Å². The van der Waals surface area contributed by atoms with Gasteiger partial charge in [-0.15, -0.1) is 23.2 Å². The summed E-state index contributed by atoms with van der Waals surface area (Å²) in [5.41, 5.74) is 2.47. The Hall–Kier alpha value is -2.97. The SMILES string of the molecule is O=C(O)[C@H](Cc1cccc(N(CCCl)CCCl)c1)NC(=O)[C@@H]1CCCN1C(=O)OCc1ccccc1. The fraction of sp³-hybridized carbons (Fsp3) is 0.423. The van der Waals surface area contributed by atoms with E-state index in [0.717, 1.165) is 16.8 Å². The maximum absolute atomic E-state index is 13.0. The molecule has 0 spiro atoms. The molecule has 2 N–H and O–H groups in total. The van der Waals surface area contributed by atoms with E-state index in [9.17, 15) is 19.5 Å². The van der Waals surface area contributed by atoms with Crippen molar-refractivity contribution in [1.82, 2.24) is 10.2 Å². The third-order valence-electron chi connectivity index (χ3n) is 6.03. The van der Waals surface area contributed by atoms with Crippen molar-refractivity contribution in [3.05, 3.63) is 65.7 Å². The van der Waals surface area contributed by atoms with Gasteiger partial charge < -0.3 is 20.1 Å². The number of rotatable bonds is 12. The summed E-state index contributed by atoms with van der Waals surface area (Å²) in [6.07, 6.45) is 0.583. The van der Waals surface area contributed by atoms with Gasteiger partial charge in [0.1, 0.15) is 18.7 Å². The molecule has 10 heteroatoms. The maximum Gasteiger partial charge on any atom is 0.410 e. The Morgan fingerprint density at radius 2 is 1.75 bits per heavy atom. The highest BCUT2D eigenvalue weighted by Gasteiger charge is 2.36. The predicted molar refractivity (Wildman–Crippen MR) is 140 cm³/mol. The second kappa shape index (κ2) is 13.9. The summed E-state index contributed by atoms with van der Waals surface area (Å²) in [4.78, 5) is 41.0. The number of carbonyl (C=O) groups excluding carboxylic acids is 2. The van der Waals surface area contributed by atoms with E-state index >= 15 is 0 Å². The zero-order chi connectivity index (χ0) is 25.9. The van der Waals surface area contributed by atoms with Gasteiger partial charge >= 0.3 is 12.1 Å². The molecule has 36 heavy (non-hydrogen) atoms. The van der Waals surface area contributed by atoms with Crippen LogP contribution in [0.1, 0.15) is 24.0 Å². The van der Waals surface area contributed by atoms with E-state index in [1.54, 1.807) is 0 Å². The van der Waals surface area contributed by atoms with Crippen LogP contribution in [0.5, 0.6) is 0 Å². The van der Waals surface area contributed by atoms with E-state index in [0.29, 0.717) is 44.2 Å². The largest absolute Gasteiger partial charge is 0.480 e. The Bertz CT molecular complexity index is 1020. The minimum Gasteiger partial charge on any atom is -0.480 e. The molecule has 1 saturated heterocycles. The van der Waals surface area contributed by atoms with Gasteiger partial charge in [0, 0.05) is 43.5 Å². The van der Waals surface area contributed by atoms with Crippen molar-refractivity contribution >= 4 is 46.9 Å². The second-order valence-electron chi connectivity index (χ2n) is 8.53. The molecule has 0 aliphatic carbocycles.